The molecule has 0 saturated carbocycles. The first-order valence-electron chi connectivity index (χ1n) is 6.31. The lowest BCUT2D eigenvalue weighted by atomic mass is 10.2. The number of primary amides is 1. The van der Waals surface area contributed by atoms with Gasteiger partial charge < -0.3 is 28.2 Å². The molecule has 0 bridgehead atoms. The van der Waals surface area contributed by atoms with Crippen molar-refractivity contribution in [2.45, 2.75) is 6.54 Å². The summed E-state index contributed by atoms with van der Waals surface area (Å²) in [7, 11) is 1.58. The average Bonchev–Trinajstić information content (AvgIpc) is 2.48. The Morgan fingerprint density at radius 1 is 1.23 bits per heavy atom. The molecule has 2 aromatic rings. The van der Waals surface area contributed by atoms with E-state index in [1.54, 1.807) is 54.3 Å². The van der Waals surface area contributed by atoms with Crippen LogP contribution in [0.5, 0.6) is 5.75 Å². The van der Waals surface area contributed by atoms with Crippen molar-refractivity contribution in [3.63, 3.8) is 0 Å². The van der Waals surface area contributed by atoms with Crippen molar-refractivity contribution < 1.29 is 31.3 Å². The van der Waals surface area contributed by atoms with Gasteiger partial charge in [0.1, 0.15) is 11.3 Å². The Morgan fingerprint density at radius 3 is 2.50 bits per heavy atom. The number of nitrogens with two attached hydrogens (primary N) is 1. The number of halogens is 1. The Labute approximate surface area is 134 Å². The highest BCUT2D eigenvalue weighted by Gasteiger charge is 2.12. The summed E-state index contributed by atoms with van der Waals surface area (Å²) < 4.78 is 6.64. The van der Waals surface area contributed by atoms with Crippen LogP contribution >= 0.6 is 0 Å². The van der Waals surface area contributed by atoms with Gasteiger partial charge in [0.25, 0.3) is 11.8 Å². The van der Waals surface area contributed by atoms with Gasteiger partial charge in [-0.3, -0.25) is 9.59 Å². The van der Waals surface area contributed by atoms with Gasteiger partial charge in [0.2, 0.25) is 6.54 Å². The van der Waals surface area contributed by atoms with E-state index in [-0.39, 0.29) is 24.9 Å². The normalized spacial score (nSPS) is 9.50. The van der Waals surface area contributed by atoms with E-state index < -0.39 is 5.91 Å². The minimum Gasteiger partial charge on any atom is -1.00 e. The van der Waals surface area contributed by atoms with Gasteiger partial charge in [-0.1, -0.05) is 0 Å². The lowest BCUT2D eigenvalue weighted by molar-refractivity contribution is -0.684. The zero-order valence-corrected chi connectivity index (χ0v) is 12.7. The summed E-state index contributed by atoms with van der Waals surface area (Å²) in [6.07, 6.45) is 3.23. The second-order valence-electron chi connectivity index (χ2n) is 4.41. The quantitative estimate of drug-likeness (QED) is 0.609. The van der Waals surface area contributed by atoms with Crippen LogP contribution in [0.1, 0.15) is 10.4 Å². The van der Waals surface area contributed by atoms with E-state index in [1.165, 1.54) is 6.20 Å². The van der Waals surface area contributed by atoms with Crippen molar-refractivity contribution in [1.29, 1.82) is 0 Å². The Kier molecular flexibility index (Phi) is 6.34. The fraction of sp³-hybridized carbons (Fsp3) is 0.133. The number of pyridine rings is 1. The van der Waals surface area contributed by atoms with E-state index in [0.29, 0.717) is 11.3 Å². The van der Waals surface area contributed by atoms with Crippen molar-refractivity contribution in [1.82, 2.24) is 0 Å². The summed E-state index contributed by atoms with van der Waals surface area (Å²) in [5.41, 5.74) is 6.23. The molecule has 116 valence electrons. The number of nitrogens with one attached hydrogen (secondary N) is 1. The third kappa shape index (κ3) is 4.75. The highest BCUT2D eigenvalue weighted by molar-refractivity contribution is 5.92. The third-order valence-electron chi connectivity index (χ3n) is 2.84. The first-order valence-corrected chi connectivity index (χ1v) is 6.31. The second-order valence-corrected chi connectivity index (χ2v) is 4.41. The van der Waals surface area contributed by atoms with Gasteiger partial charge >= 0.3 is 0 Å². The lowest BCUT2D eigenvalue weighted by Gasteiger charge is -2.04. The molecule has 0 fully saturated rings. The van der Waals surface area contributed by atoms with Crippen LogP contribution < -0.4 is 32.8 Å². The maximum Gasteiger partial charge on any atom is 0.290 e. The fourth-order valence-electron chi connectivity index (χ4n) is 1.81. The Morgan fingerprint density at radius 2 is 1.91 bits per heavy atom. The van der Waals surface area contributed by atoms with E-state index >= 15 is 0 Å². The predicted octanol–water partition coefficient (Wildman–Crippen LogP) is -2.28. The summed E-state index contributed by atoms with van der Waals surface area (Å²) in [5.74, 6) is -0.0109. The topological polar surface area (TPSA) is 85.3 Å². The summed E-state index contributed by atoms with van der Waals surface area (Å²) >= 11 is 0. The number of carbonyl (C=O) groups is 2. The molecule has 2 rings (SSSR count). The SMILES string of the molecule is COc1ccc(NC(=O)C[n+]2cccc(C(N)=O)c2)cc1.[Cl-]. The number of ether oxygens (including phenoxy) is 1. The van der Waals surface area contributed by atoms with Crippen molar-refractivity contribution in [3.8, 4) is 5.75 Å². The second kappa shape index (κ2) is 7.99. The highest BCUT2D eigenvalue weighted by atomic mass is 35.5. The maximum atomic E-state index is 11.9. The van der Waals surface area contributed by atoms with Gasteiger partial charge in [0, 0.05) is 11.8 Å². The number of hydrogen-bond acceptors (Lipinski definition) is 3. The molecule has 1 heterocycles. The zero-order valence-electron chi connectivity index (χ0n) is 12.0. The minimum absolute atomic E-state index is 0. The molecular formula is C15H16ClN3O3. The molecule has 0 unspecified atom stereocenters. The Balaban J connectivity index is 0.00000242. The van der Waals surface area contributed by atoms with Gasteiger partial charge in [-0.25, -0.2) is 0 Å². The number of rotatable bonds is 5. The molecule has 6 nitrogen and oxygen atoms in total. The number of anilines is 1. The maximum absolute atomic E-state index is 11.9. The molecule has 1 aromatic carbocycles. The molecule has 0 aliphatic heterocycles. The summed E-state index contributed by atoms with van der Waals surface area (Å²) in [6, 6.07) is 10.3. The average molecular weight is 322 g/mol. The molecule has 3 N–H and O–H groups in total. The van der Waals surface area contributed by atoms with Crippen LogP contribution in [0.15, 0.2) is 48.8 Å². The van der Waals surface area contributed by atoms with E-state index in [0.717, 1.165) is 5.75 Å². The smallest absolute Gasteiger partial charge is 0.290 e. The lowest BCUT2D eigenvalue weighted by Crippen LogP contribution is -3.00. The first-order chi connectivity index (χ1) is 10.1. The number of aromatic nitrogens is 1. The molecule has 0 aliphatic carbocycles. The van der Waals surface area contributed by atoms with Crippen LogP contribution in [0.25, 0.3) is 0 Å². The fourth-order valence-corrected chi connectivity index (χ4v) is 1.81. The third-order valence-corrected chi connectivity index (χ3v) is 2.84. The number of nitrogens with zero attached hydrogens (tertiary/aromatic N) is 1. The number of hydrogen-bond donors (Lipinski definition) is 2. The standard InChI is InChI=1S/C15H15N3O3.ClH/c1-21-13-6-4-12(5-7-13)17-14(19)10-18-8-2-3-11(9-18)15(16)20;/h2-9H,10H2,1H3,(H2-,16,17,19,20);1H. The van der Waals surface area contributed by atoms with E-state index in [9.17, 15) is 9.59 Å². The molecule has 0 atom stereocenters. The van der Waals surface area contributed by atoms with Crippen LogP contribution in [0.4, 0.5) is 5.69 Å². The monoisotopic (exact) mass is 321 g/mol. The molecule has 0 aliphatic rings. The van der Waals surface area contributed by atoms with Crippen LogP contribution in [-0.4, -0.2) is 18.9 Å². The van der Waals surface area contributed by atoms with Gasteiger partial charge in [-0.2, -0.15) is 4.57 Å². The summed E-state index contributed by atoms with van der Waals surface area (Å²) in [5, 5.41) is 2.76. The molecule has 0 spiro atoms. The molecular weight excluding hydrogens is 306 g/mol. The summed E-state index contributed by atoms with van der Waals surface area (Å²) in [4.78, 5) is 23.0. The van der Waals surface area contributed by atoms with Crippen molar-refractivity contribution in [2.75, 3.05) is 12.4 Å². The van der Waals surface area contributed by atoms with Crippen molar-refractivity contribution >= 4 is 17.5 Å². The van der Waals surface area contributed by atoms with Gasteiger partial charge in [0.15, 0.2) is 12.4 Å². The molecule has 1 aromatic heterocycles. The van der Waals surface area contributed by atoms with Gasteiger partial charge in [0.05, 0.1) is 7.11 Å². The van der Waals surface area contributed by atoms with Gasteiger partial charge in [-0.15, -0.1) is 0 Å². The minimum atomic E-state index is -0.528. The number of benzene rings is 1. The van der Waals surface area contributed by atoms with Crippen LogP contribution in [0, 0.1) is 0 Å². The van der Waals surface area contributed by atoms with Crippen LogP contribution in [-0.2, 0) is 11.3 Å². The van der Waals surface area contributed by atoms with E-state index in [2.05, 4.69) is 5.32 Å². The van der Waals surface area contributed by atoms with Crippen LogP contribution in [0.3, 0.4) is 0 Å². The van der Waals surface area contributed by atoms with Crippen molar-refractivity contribution in [3.05, 3.63) is 54.4 Å². The molecule has 7 heteroatoms. The largest absolute Gasteiger partial charge is 1.00 e. The summed E-state index contributed by atoms with van der Waals surface area (Å²) in [6.45, 7) is 0.0904. The molecule has 22 heavy (non-hydrogen) atoms. The molecule has 0 radical (unpaired) electrons. The van der Waals surface area contributed by atoms with E-state index in [1.807, 2.05) is 0 Å². The highest BCUT2D eigenvalue weighted by Crippen LogP contribution is 2.14. The first kappa shape index (κ1) is 17.5. The Hall–Kier alpha value is -2.60. The predicted molar refractivity (Wildman–Crippen MR) is 76.8 cm³/mol. The number of methoxy groups -OCH3 is 1. The number of amides is 2. The molecule has 2 amide bonds. The van der Waals surface area contributed by atoms with Gasteiger partial charge in [-0.05, 0) is 30.3 Å². The Bertz CT molecular complexity index is 659. The number of carbonyl (C=O) groups excluding carboxylic acids is 2. The molecule has 0 saturated heterocycles. The van der Waals surface area contributed by atoms with Crippen molar-refractivity contribution in [2.24, 2.45) is 5.73 Å². The van der Waals surface area contributed by atoms with Crippen LogP contribution in [0.2, 0.25) is 0 Å². The van der Waals surface area contributed by atoms with E-state index in [4.69, 9.17) is 10.5 Å². The zero-order chi connectivity index (χ0) is 15.2.